The van der Waals surface area contributed by atoms with Gasteiger partial charge in [0.1, 0.15) is 17.4 Å². The van der Waals surface area contributed by atoms with Crippen molar-refractivity contribution in [3.63, 3.8) is 0 Å². The van der Waals surface area contributed by atoms with Crippen molar-refractivity contribution in [1.82, 2.24) is 9.55 Å². The number of furan rings is 1. The van der Waals surface area contributed by atoms with Crippen LogP contribution < -0.4 is 4.74 Å². The Morgan fingerprint density at radius 2 is 1.97 bits per heavy atom. The van der Waals surface area contributed by atoms with Gasteiger partial charge in [0.15, 0.2) is 10.8 Å². The number of aromatic nitrogens is 2. The predicted molar refractivity (Wildman–Crippen MR) is 138 cm³/mol. The summed E-state index contributed by atoms with van der Waals surface area (Å²) >= 11 is 1.61. The van der Waals surface area contributed by atoms with Crippen molar-refractivity contribution in [2.24, 2.45) is 0 Å². The molecule has 0 spiro atoms. The fourth-order valence-corrected chi connectivity index (χ4v) is 5.06. The maximum Gasteiger partial charge on any atom is 0.164 e. The van der Waals surface area contributed by atoms with Crippen molar-refractivity contribution >= 4 is 33.2 Å². The van der Waals surface area contributed by atoms with E-state index < -0.39 is 0 Å². The molecule has 3 aromatic heterocycles. The van der Waals surface area contributed by atoms with Gasteiger partial charge in [-0.15, -0.1) is 11.3 Å². The smallest absolute Gasteiger partial charge is 0.164 e. The van der Waals surface area contributed by atoms with E-state index in [2.05, 4.69) is 55.0 Å². The molecule has 6 heteroatoms. The lowest BCUT2D eigenvalue weighted by atomic mass is 9.93. The van der Waals surface area contributed by atoms with Crippen LogP contribution in [0.5, 0.6) is 5.75 Å². The summed E-state index contributed by atoms with van der Waals surface area (Å²) in [6.07, 6.45) is 2.00. The average Bonchev–Trinajstić information content (AvgIpc) is 3.49. The van der Waals surface area contributed by atoms with Crippen LogP contribution in [0.3, 0.4) is 0 Å². The van der Waals surface area contributed by atoms with Crippen LogP contribution in [-0.2, 0) is 12.0 Å². The summed E-state index contributed by atoms with van der Waals surface area (Å²) in [6, 6.07) is 16.6. The first-order valence-corrected chi connectivity index (χ1v) is 12.3. The minimum absolute atomic E-state index is 0.0113. The van der Waals surface area contributed by atoms with Crippen molar-refractivity contribution < 1.29 is 9.15 Å². The molecule has 0 amide bonds. The Morgan fingerprint density at radius 1 is 1.15 bits per heavy atom. The van der Waals surface area contributed by atoms with E-state index in [0.29, 0.717) is 12.1 Å². The number of hydrogen-bond donors (Lipinski definition) is 0. The molecule has 0 aliphatic carbocycles. The molecule has 5 nitrogen and oxygen atoms in total. The van der Waals surface area contributed by atoms with E-state index in [1.165, 1.54) is 0 Å². The summed E-state index contributed by atoms with van der Waals surface area (Å²) in [4.78, 5) is 4.79. The zero-order chi connectivity index (χ0) is 24.0. The quantitative estimate of drug-likeness (QED) is 0.267. The number of thiazole rings is 1. The van der Waals surface area contributed by atoms with Gasteiger partial charge in [-0.25, -0.2) is 4.98 Å². The summed E-state index contributed by atoms with van der Waals surface area (Å²) in [7, 11) is 0. The number of benzene rings is 2. The Hall–Kier alpha value is -3.56. The fourth-order valence-electron chi connectivity index (χ4n) is 4.07. The highest BCUT2D eigenvalue weighted by Gasteiger charge is 2.19. The molecule has 0 unspecified atom stereocenters. The van der Waals surface area contributed by atoms with Crippen molar-refractivity contribution in [1.29, 1.82) is 5.26 Å². The van der Waals surface area contributed by atoms with Crippen LogP contribution in [0, 0.1) is 11.3 Å². The van der Waals surface area contributed by atoms with Crippen molar-refractivity contribution in [3.8, 4) is 22.6 Å². The molecule has 0 N–H and O–H groups in total. The molecule has 2 aromatic carbocycles. The van der Waals surface area contributed by atoms with Crippen LogP contribution >= 0.6 is 11.3 Å². The first-order chi connectivity index (χ1) is 16.2. The molecule has 5 rings (SSSR count). The van der Waals surface area contributed by atoms with E-state index in [1.807, 2.05) is 44.3 Å². The van der Waals surface area contributed by atoms with Gasteiger partial charge < -0.3 is 13.7 Å². The van der Waals surface area contributed by atoms with Crippen molar-refractivity contribution in [2.75, 3.05) is 0 Å². The van der Waals surface area contributed by atoms with E-state index >= 15 is 0 Å². The maximum absolute atomic E-state index is 9.67. The van der Waals surface area contributed by atoms with Crippen LogP contribution in [0.25, 0.3) is 32.6 Å². The van der Waals surface area contributed by atoms with Gasteiger partial charge in [0.25, 0.3) is 0 Å². The molecule has 0 aliphatic rings. The average molecular weight is 470 g/mol. The number of fused-ring (bicyclic) bond motifs is 2. The molecule has 3 heterocycles. The van der Waals surface area contributed by atoms with Crippen molar-refractivity contribution in [3.05, 3.63) is 70.9 Å². The monoisotopic (exact) mass is 469 g/mol. The Labute approximate surface area is 203 Å². The largest absolute Gasteiger partial charge is 0.491 e. The van der Waals surface area contributed by atoms with Crippen LogP contribution in [-0.4, -0.2) is 15.7 Å². The van der Waals surface area contributed by atoms with Gasteiger partial charge in [-0.05, 0) is 55.8 Å². The molecule has 34 heavy (non-hydrogen) atoms. The van der Waals surface area contributed by atoms with Gasteiger partial charge >= 0.3 is 0 Å². The summed E-state index contributed by atoms with van der Waals surface area (Å²) in [5, 5.41) is 14.6. The number of rotatable bonds is 5. The molecule has 172 valence electrons. The second kappa shape index (κ2) is 8.34. The normalized spacial score (nSPS) is 12.0. The minimum Gasteiger partial charge on any atom is -0.491 e. The van der Waals surface area contributed by atoms with Crippen LogP contribution in [0.1, 0.15) is 51.4 Å². The zero-order valence-corrected chi connectivity index (χ0v) is 20.9. The van der Waals surface area contributed by atoms with Gasteiger partial charge in [-0.1, -0.05) is 26.8 Å². The highest BCUT2D eigenvalue weighted by Crippen LogP contribution is 2.34. The third-order valence-corrected chi connectivity index (χ3v) is 6.62. The third kappa shape index (κ3) is 4.20. The topological polar surface area (TPSA) is 64.0 Å². The second-order valence-corrected chi connectivity index (χ2v) is 10.8. The number of ether oxygens (including phenoxy) is 1. The van der Waals surface area contributed by atoms with Gasteiger partial charge in [0.2, 0.25) is 0 Å². The summed E-state index contributed by atoms with van der Waals surface area (Å²) < 4.78 is 14.0. The molecule has 0 fully saturated rings. The molecule has 0 bridgehead atoms. The Bertz CT molecular complexity index is 1540. The third-order valence-electron chi connectivity index (χ3n) is 5.76. The Balaban J connectivity index is 1.46. The van der Waals surface area contributed by atoms with E-state index in [1.54, 1.807) is 11.3 Å². The molecule has 0 atom stereocenters. The van der Waals surface area contributed by atoms with E-state index in [0.717, 1.165) is 49.6 Å². The predicted octanol–water partition coefficient (Wildman–Crippen LogP) is 7.52. The summed E-state index contributed by atoms with van der Waals surface area (Å²) in [5.74, 6) is 1.57. The van der Waals surface area contributed by atoms with Crippen LogP contribution in [0.2, 0.25) is 0 Å². The number of hydrogen-bond acceptors (Lipinski definition) is 5. The van der Waals surface area contributed by atoms with Gasteiger partial charge in [0, 0.05) is 39.8 Å². The molecule has 0 aliphatic heterocycles. The first kappa shape index (κ1) is 22.2. The van der Waals surface area contributed by atoms with E-state index in [-0.39, 0.29) is 11.5 Å². The second-order valence-electron chi connectivity index (χ2n) is 9.90. The molecule has 0 saturated carbocycles. The lowest BCUT2D eigenvalue weighted by Gasteiger charge is -2.13. The van der Waals surface area contributed by atoms with Gasteiger partial charge in [-0.3, -0.25) is 0 Å². The number of nitrogens with zero attached hydrogens (tertiary/aromatic N) is 3. The maximum atomic E-state index is 9.67. The van der Waals surface area contributed by atoms with Gasteiger partial charge in [-0.2, -0.15) is 5.26 Å². The van der Waals surface area contributed by atoms with Gasteiger partial charge in [0.05, 0.1) is 17.4 Å². The standard InChI is InChI=1S/C28H27N3O2S/c1-17(2)32-21-7-8-23-22(12-21)20(13-29)15-31(23)14-18-6-9-24-19(10-18)11-25(33-24)27-30-26(16-34-27)28(3,4)5/h6-12,15-17H,14H2,1-5H3. The van der Waals surface area contributed by atoms with Crippen LogP contribution in [0.15, 0.2) is 58.5 Å². The number of nitriles is 1. The van der Waals surface area contributed by atoms with Crippen molar-refractivity contribution in [2.45, 2.75) is 52.7 Å². The first-order valence-electron chi connectivity index (χ1n) is 11.4. The summed E-state index contributed by atoms with van der Waals surface area (Å²) in [5.41, 5.74) is 4.73. The highest BCUT2D eigenvalue weighted by atomic mass is 32.1. The lowest BCUT2D eigenvalue weighted by molar-refractivity contribution is 0.243. The van der Waals surface area contributed by atoms with E-state index in [4.69, 9.17) is 14.1 Å². The fraction of sp³-hybridized carbons (Fsp3) is 0.286. The SMILES string of the molecule is CC(C)Oc1ccc2c(c1)c(C#N)cn2Cc1ccc2oc(-c3nc(C(C)(C)C)cs3)cc2c1. The zero-order valence-electron chi connectivity index (χ0n) is 20.0. The highest BCUT2D eigenvalue weighted by molar-refractivity contribution is 7.13. The lowest BCUT2D eigenvalue weighted by Crippen LogP contribution is -2.11. The molecular weight excluding hydrogens is 442 g/mol. The van der Waals surface area contributed by atoms with E-state index in [9.17, 15) is 5.26 Å². The summed E-state index contributed by atoms with van der Waals surface area (Å²) in [6.45, 7) is 11.1. The minimum atomic E-state index is 0.0113. The Morgan fingerprint density at radius 3 is 2.68 bits per heavy atom. The molecule has 0 radical (unpaired) electrons. The molecule has 0 saturated heterocycles. The van der Waals surface area contributed by atoms with Crippen LogP contribution in [0.4, 0.5) is 0 Å². The molecular formula is C28H27N3O2S. The molecule has 5 aromatic rings. The Kier molecular flexibility index (Phi) is 5.45.